The Morgan fingerprint density at radius 3 is 2.62 bits per heavy atom. The van der Waals surface area contributed by atoms with Crippen LogP contribution in [-0.2, 0) is 7.05 Å². The number of alkyl halides is 3. The largest absolute Gasteiger partial charge is 0.467 e. The van der Waals surface area contributed by atoms with Gasteiger partial charge in [0.1, 0.15) is 5.02 Å². The number of hydrogen-bond donors (Lipinski definition) is 0. The fourth-order valence-electron chi connectivity index (χ4n) is 0.712. The van der Waals surface area contributed by atoms with Crippen molar-refractivity contribution in [3.05, 3.63) is 11.2 Å². The topological polar surface area (TPSA) is 27.1 Å². The van der Waals surface area contributed by atoms with Gasteiger partial charge in [-0.1, -0.05) is 11.6 Å². The fourth-order valence-corrected chi connectivity index (χ4v) is 0.933. The van der Waals surface area contributed by atoms with Crippen molar-refractivity contribution in [3.8, 4) is 5.88 Å². The number of halogens is 4. The molecule has 3 nitrogen and oxygen atoms in total. The molecule has 0 aliphatic heterocycles. The molecule has 0 aliphatic rings. The molecule has 0 aromatic carbocycles. The standard InChI is InChI=1S/C6H6ClF3N2O/c1-12-5(4(7)2-11-12)13-3-6(8,9)10/h2H,3H2,1H3. The molecule has 0 fully saturated rings. The molecule has 0 saturated carbocycles. The maximum Gasteiger partial charge on any atom is 0.422 e. The summed E-state index contributed by atoms with van der Waals surface area (Å²) in [5.74, 6) is -0.0843. The van der Waals surface area contributed by atoms with Gasteiger partial charge in [-0.3, -0.25) is 0 Å². The highest BCUT2D eigenvalue weighted by atomic mass is 35.5. The maximum absolute atomic E-state index is 11.7. The van der Waals surface area contributed by atoms with E-state index in [0.717, 1.165) is 4.68 Å². The summed E-state index contributed by atoms with van der Waals surface area (Å²) >= 11 is 5.50. The lowest BCUT2D eigenvalue weighted by Gasteiger charge is -2.08. The average molecular weight is 215 g/mol. The van der Waals surface area contributed by atoms with Crippen molar-refractivity contribution in [2.45, 2.75) is 6.18 Å². The van der Waals surface area contributed by atoms with Gasteiger partial charge in [-0.2, -0.15) is 18.3 Å². The molecule has 74 valence electrons. The third kappa shape index (κ3) is 2.80. The van der Waals surface area contributed by atoms with E-state index in [1.165, 1.54) is 13.2 Å². The molecule has 0 radical (unpaired) electrons. The predicted molar refractivity (Wildman–Crippen MR) is 39.8 cm³/mol. The van der Waals surface area contributed by atoms with Crippen molar-refractivity contribution in [2.24, 2.45) is 7.05 Å². The van der Waals surface area contributed by atoms with Gasteiger partial charge in [-0.15, -0.1) is 0 Å². The van der Waals surface area contributed by atoms with Crippen LogP contribution in [0.5, 0.6) is 5.88 Å². The van der Waals surface area contributed by atoms with Crippen molar-refractivity contribution < 1.29 is 17.9 Å². The Hall–Kier alpha value is -0.910. The van der Waals surface area contributed by atoms with Crippen LogP contribution in [0.3, 0.4) is 0 Å². The van der Waals surface area contributed by atoms with Crippen molar-refractivity contribution in [1.82, 2.24) is 9.78 Å². The Bertz CT molecular complexity index is 277. The van der Waals surface area contributed by atoms with Crippen LogP contribution in [0, 0.1) is 0 Å². The molecular weight excluding hydrogens is 209 g/mol. The number of aromatic nitrogens is 2. The van der Waals surface area contributed by atoms with E-state index < -0.39 is 12.8 Å². The van der Waals surface area contributed by atoms with Gasteiger partial charge in [0.05, 0.1) is 6.20 Å². The summed E-state index contributed by atoms with van der Waals surface area (Å²) in [6, 6.07) is 0. The third-order valence-electron chi connectivity index (χ3n) is 1.22. The lowest BCUT2D eigenvalue weighted by atomic mass is 10.6. The van der Waals surface area contributed by atoms with E-state index in [1.807, 2.05) is 0 Å². The quantitative estimate of drug-likeness (QED) is 0.753. The minimum atomic E-state index is -4.37. The predicted octanol–water partition coefficient (Wildman–Crippen LogP) is 2.01. The van der Waals surface area contributed by atoms with Gasteiger partial charge < -0.3 is 4.74 Å². The first-order valence-electron chi connectivity index (χ1n) is 3.27. The number of aryl methyl sites for hydroxylation is 1. The Morgan fingerprint density at radius 1 is 1.62 bits per heavy atom. The molecule has 1 aromatic heterocycles. The van der Waals surface area contributed by atoms with Crippen LogP contribution >= 0.6 is 11.6 Å². The second-order valence-electron chi connectivity index (χ2n) is 2.33. The van der Waals surface area contributed by atoms with Crippen molar-refractivity contribution in [3.63, 3.8) is 0 Å². The van der Waals surface area contributed by atoms with E-state index in [2.05, 4.69) is 9.84 Å². The highest BCUT2D eigenvalue weighted by Gasteiger charge is 2.29. The number of nitrogens with zero attached hydrogens (tertiary/aromatic N) is 2. The number of ether oxygens (including phenoxy) is 1. The van der Waals surface area contributed by atoms with Gasteiger partial charge in [0.15, 0.2) is 6.61 Å². The highest BCUT2D eigenvalue weighted by molar-refractivity contribution is 6.31. The van der Waals surface area contributed by atoms with Crippen LogP contribution in [0.15, 0.2) is 6.20 Å². The summed E-state index contributed by atoms with van der Waals surface area (Å²) in [7, 11) is 1.44. The molecule has 13 heavy (non-hydrogen) atoms. The van der Waals surface area contributed by atoms with Crippen LogP contribution in [0.25, 0.3) is 0 Å². The molecular formula is C6H6ClF3N2O. The first kappa shape index (κ1) is 10.2. The molecule has 0 saturated heterocycles. The van der Waals surface area contributed by atoms with Crippen LogP contribution in [0.1, 0.15) is 0 Å². The Labute approximate surface area is 77.0 Å². The van der Waals surface area contributed by atoms with Crippen molar-refractivity contribution in [1.29, 1.82) is 0 Å². The summed E-state index contributed by atoms with van der Waals surface area (Å²) in [4.78, 5) is 0. The zero-order valence-electron chi connectivity index (χ0n) is 6.60. The van der Waals surface area contributed by atoms with Gasteiger partial charge in [0.2, 0.25) is 5.88 Å². The Morgan fingerprint density at radius 2 is 2.23 bits per heavy atom. The number of hydrogen-bond acceptors (Lipinski definition) is 2. The average Bonchev–Trinajstić information content (AvgIpc) is 2.27. The molecule has 7 heteroatoms. The Balaban J connectivity index is 2.64. The second-order valence-corrected chi connectivity index (χ2v) is 2.73. The third-order valence-corrected chi connectivity index (χ3v) is 1.47. The lowest BCUT2D eigenvalue weighted by molar-refractivity contribution is -0.154. The minimum Gasteiger partial charge on any atom is -0.467 e. The summed E-state index contributed by atoms with van der Waals surface area (Å²) in [6.45, 7) is -1.37. The van der Waals surface area contributed by atoms with Crippen LogP contribution in [0.4, 0.5) is 13.2 Å². The molecule has 0 N–H and O–H groups in total. The molecule has 0 bridgehead atoms. The molecule has 1 aromatic rings. The van der Waals surface area contributed by atoms with Crippen LogP contribution in [-0.4, -0.2) is 22.6 Å². The SMILES string of the molecule is Cn1ncc(Cl)c1OCC(F)(F)F. The van der Waals surface area contributed by atoms with Gasteiger partial charge in [0, 0.05) is 7.05 Å². The first-order chi connectivity index (χ1) is 5.90. The summed E-state index contributed by atoms with van der Waals surface area (Å²) < 4.78 is 40.7. The van der Waals surface area contributed by atoms with E-state index in [-0.39, 0.29) is 10.9 Å². The minimum absolute atomic E-state index is 0.0618. The zero-order valence-corrected chi connectivity index (χ0v) is 7.35. The summed E-state index contributed by atoms with van der Waals surface area (Å²) in [5, 5.41) is 3.67. The van der Waals surface area contributed by atoms with E-state index in [0.29, 0.717) is 0 Å². The highest BCUT2D eigenvalue weighted by Crippen LogP contribution is 2.24. The van der Waals surface area contributed by atoms with Gasteiger partial charge in [0.25, 0.3) is 0 Å². The fraction of sp³-hybridized carbons (Fsp3) is 0.500. The molecule has 0 atom stereocenters. The molecule has 1 heterocycles. The second kappa shape index (κ2) is 3.45. The monoisotopic (exact) mass is 214 g/mol. The Kier molecular flexibility index (Phi) is 2.70. The lowest BCUT2D eigenvalue weighted by Crippen LogP contribution is -2.20. The van der Waals surface area contributed by atoms with Crippen LogP contribution < -0.4 is 4.74 Å². The van der Waals surface area contributed by atoms with Crippen molar-refractivity contribution >= 4 is 11.6 Å². The van der Waals surface area contributed by atoms with Gasteiger partial charge in [-0.05, 0) is 0 Å². The van der Waals surface area contributed by atoms with Crippen LogP contribution in [0.2, 0.25) is 5.02 Å². The molecule has 0 amide bonds. The first-order valence-corrected chi connectivity index (χ1v) is 3.65. The van der Waals surface area contributed by atoms with E-state index in [4.69, 9.17) is 11.6 Å². The van der Waals surface area contributed by atoms with Gasteiger partial charge >= 0.3 is 6.18 Å². The number of rotatable bonds is 2. The summed E-state index contributed by atoms with van der Waals surface area (Å²) in [6.07, 6.45) is -3.15. The normalized spacial score (nSPS) is 11.8. The molecule has 0 unspecified atom stereocenters. The zero-order chi connectivity index (χ0) is 10.1. The van der Waals surface area contributed by atoms with E-state index >= 15 is 0 Å². The molecule has 0 aliphatic carbocycles. The van der Waals surface area contributed by atoms with Gasteiger partial charge in [-0.25, -0.2) is 4.68 Å². The smallest absolute Gasteiger partial charge is 0.422 e. The van der Waals surface area contributed by atoms with E-state index in [9.17, 15) is 13.2 Å². The molecule has 1 rings (SSSR count). The molecule has 0 spiro atoms. The maximum atomic E-state index is 11.7. The van der Waals surface area contributed by atoms with Crippen molar-refractivity contribution in [2.75, 3.05) is 6.61 Å². The van der Waals surface area contributed by atoms with E-state index in [1.54, 1.807) is 0 Å². The summed E-state index contributed by atoms with van der Waals surface area (Å²) in [5.41, 5.74) is 0.